The van der Waals surface area contributed by atoms with Crippen molar-refractivity contribution < 1.29 is 23.1 Å². The maximum Gasteiger partial charge on any atom is 0.184 e. The first-order valence-electron chi connectivity index (χ1n) is 8.70. The molecule has 0 bridgehead atoms. The summed E-state index contributed by atoms with van der Waals surface area (Å²) < 4.78 is 24.8. The smallest absolute Gasteiger partial charge is 0.184 e. The molecule has 0 aromatic carbocycles. The highest BCUT2D eigenvalue weighted by Crippen LogP contribution is 2.32. The van der Waals surface area contributed by atoms with Crippen LogP contribution in [0.15, 0.2) is 0 Å². The van der Waals surface area contributed by atoms with Crippen LogP contribution in [0, 0.1) is 0 Å². The fourth-order valence-electron chi connectivity index (χ4n) is 2.71. The van der Waals surface area contributed by atoms with Crippen LogP contribution in [0.25, 0.3) is 0 Å². The summed E-state index contributed by atoms with van der Waals surface area (Å²) in [5.41, 5.74) is 5.90. The molecule has 1 aliphatic rings. The van der Waals surface area contributed by atoms with Gasteiger partial charge in [-0.05, 0) is 58.9 Å². The number of aliphatic hydroxyl groups is 1. The molecule has 0 amide bonds. The molecule has 0 saturated carbocycles. The Balaban J connectivity index is 3.20. The Labute approximate surface area is 150 Å². The summed E-state index contributed by atoms with van der Waals surface area (Å²) in [6.45, 7) is 19.3. The fourth-order valence-corrected chi connectivity index (χ4v) is 5.97. The van der Waals surface area contributed by atoms with Crippen LogP contribution in [0.3, 0.4) is 0 Å². The highest BCUT2D eigenvalue weighted by atomic mass is 28.4. The van der Waals surface area contributed by atoms with Gasteiger partial charge in [0, 0.05) is 6.54 Å². The molecule has 0 radical (unpaired) electrons. The first kappa shape index (κ1) is 22.5. The highest BCUT2D eigenvalue weighted by Gasteiger charge is 2.50. The Bertz CT molecular complexity index is 405. The molecule has 1 fully saturated rings. The molecule has 144 valence electrons. The Hall–Kier alpha value is 0.411. The Kier molecular flexibility index (Phi) is 7.46. The highest BCUT2D eigenvalue weighted by molar-refractivity contribution is 6.70. The quantitative estimate of drug-likeness (QED) is 0.644. The van der Waals surface area contributed by atoms with Gasteiger partial charge < -0.3 is 28.9 Å². The topological polar surface area (TPSA) is 83.2 Å². The number of hydrogen-bond acceptors (Lipinski definition) is 6. The van der Waals surface area contributed by atoms with E-state index in [0.717, 1.165) is 0 Å². The lowest BCUT2D eigenvalue weighted by Gasteiger charge is -2.49. The van der Waals surface area contributed by atoms with E-state index in [1.54, 1.807) is 0 Å². The van der Waals surface area contributed by atoms with Gasteiger partial charge in [-0.25, -0.2) is 0 Å². The van der Waals surface area contributed by atoms with E-state index in [1.807, 2.05) is 0 Å². The summed E-state index contributed by atoms with van der Waals surface area (Å²) >= 11 is 0. The van der Waals surface area contributed by atoms with Crippen molar-refractivity contribution >= 4 is 25.0 Å². The Morgan fingerprint density at radius 2 is 1.12 bits per heavy atom. The lowest BCUT2D eigenvalue weighted by atomic mass is 9.99. The summed E-state index contributed by atoms with van der Waals surface area (Å²) in [4.78, 5) is 0. The summed E-state index contributed by atoms with van der Waals surface area (Å²) in [6.07, 6.45) is -2.68. The maximum atomic E-state index is 10.5. The Morgan fingerprint density at radius 1 is 0.750 bits per heavy atom. The number of nitrogens with two attached hydrogens (primary N) is 1. The van der Waals surface area contributed by atoms with Crippen molar-refractivity contribution in [2.24, 2.45) is 5.73 Å². The largest absolute Gasteiger partial charge is 0.409 e. The molecule has 24 heavy (non-hydrogen) atoms. The predicted molar refractivity (Wildman–Crippen MR) is 105 cm³/mol. The van der Waals surface area contributed by atoms with Gasteiger partial charge in [-0.1, -0.05) is 0 Å². The third kappa shape index (κ3) is 7.34. The van der Waals surface area contributed by atoms with Crippen molar-refractivity contribution in [3.05, 3.63) is 0 Å². The molecule has 6 nitrogen and oxygen atoms in total. The van der Waals surface area contributed by atoms with E-state index >= 15 is 0 Å². The van der Waals surface area contributed by atoms with Gasteiger partial charge in [0.15, 0.2) is 31.2 Å². The first-order valence-corrected chi connectivity index (χ1v) is 18.9. The second-order valence-electron chi connectivity index (χ2n) is 9.39. The van der Waals surface area contributed by atoms with Gasteiger partial charge in [0.25, 0.3) is 0 Å². The second kappa shape index (κ2) is 7.97. The average Bonchev–Trinajstić information content (AvgIpc) is 2.32. The lowest BCUT2D eigenvalue weighted by molar-refractivity contribution is -0.268. The first-order chi connectivity index (χ1) is 10.6. The maximum absolute atomic E-state index is 10.5. The third-order valence-electron chi connectivity index (χ3n) is 3.31. The molecule has 3 N–H and O–H groups in total. The molecular formula is C15H37NO5Si3. The van der Waals surface area contributed by atoms with Crippen LogP contribution < -0.4 is 5.73 Å². The van der Waals surface area contributed by atoms with E-state index in [-0.39, 0.29) is 18.8 Å². The van der Waals surface area contributed by atoms with Crippen LogP contribution in [0.2, 0.25) is 58.9 Å². The summed E-state index contributed by atoms with van der Waals surface area (Å²) in [6, 6.07) is 0. The number of hydrogen-bond donors (Lipinski definition) is 2. The van der Waals surface area contributed by atoms with Gasteiger partial charge in [-0.15, -0.1) is 0 Å². The Morgan fingerprint density at radius 3 is 1.50 bits per heavy atom. The van der Waals surface area contributed by atoms with E-state index in [9.17, 15) is 5.11 Å². The minimum atomic E-state index is -1.90. The molecule has 1 rings (SSSR count). The van der Waals surface area contributed by atoms with Gasteiger partial charge in [0.1, 0.15) is 24.4 Å². The van der Waals surface area contributed by atoms with Crippen molar-refractivity contribution in [3.63, 3.8) is 0 Å². The number of aliphatic hydroxyl groups excluding tert-OH is 1. The lowest BCUT2D eigenvalue weighted by Crippen LogP contribution is -2.66. The number of rotatable bonds is 7. The van der Waals surface area contributed by atoms with E-state index in [0.29, 0.717) is 0 Å². The van der Waals surface area contributed by atoms with E-state index < -0.39 is 43.5 Å². The van der Waals surface area contributed by atoms with Crippen LogP contribution in [-0.4, -0.2) is 67.3 Å². The van der Waals surface area contributed by atoms with Gasteiger partial charge in [-0.3, -0.25) is 0 Å². The van der Waals surface area contributed by atoms with Crippen molar-refractivity contribution in [3.8, 4) is 0 Å². The monoisotopic (exact) mass is 395 g/mol. The van der Waals surface area contributed by atoms with E-state index in [4.69, 9.17) is 23.7 Å². The fraction of sp³-hybridized carbons (Fsp3) is 1.00. The zero-order valence-electron chi connectivity index (χ0n) is 16.8. The molecule has 1 aliphatic heterocycles. The normalized spacial score (nSPS) is 32.9. The van der Waals surface area contributed by atoms with E-state index in [2.05, 4.69) is 58.9 Å². The van der Waals surface area contributed by atoms with Gasteiger partial charge in [0.2, 0.25) is 0 Å². The molecule has 5 atom stereocenters. The van der Waals surface area contributed by atoms with Crippen molar-refractivity contribution in [2.75, 3.05) is 6.54 Å². The molecule has 0 spiro atoms. The molecule has 0 aliphatic carbocycles. The average molecular weight is 396 g/mol. The molecule has 1 heterocycles. The van der Waals surface area contributed by atoms with E-state index in [1.165, 1.54) is 0 Å². The van der Waals surface area contributed by atoms with Gasteiger partial charge in [0.05, 0.1) is 0 Å². The minimum Gasteiger partial charge on any atom is -0.409 e. The zero-order valence-corrected chi connectivity index (χ0v) is 19.8. The zero-order chi connectivity index (χ0) is 18.9. The molecule has 0 unspecified atom stereocenters. The summed E-state index contributed by atoms with van der Waals surface area (Å²) in [5, 5.41) is 10.5. The second-order valence-corrected chi connectivity index (χ2v) is 22.8. The van der Waals surface area contributed by atoms with Gasteiger partial charge in [-0.2, -0.15) is 0 Å². The molecule has 0 aromatic heterocycles. The van der Waals surface area contributed by atoms with Gasteiger partial charge >= 0.3 is 0 Å². The van der Waals surface area contributed by atoms with Crippen LogP contribution in [0.1, 0.15) is 0 Å². The standard InChI is InChI=1S/C15H37NO5Si3/c1-22(2,3)19-12-11(10-16)18-15(17)14(21-24(7,8)9)13(12)20-23(4,5)6/h11-15,17H,10,16H2,1-9H3/t11-,12-,13+,14-,15+/m1/s1. The van der Waals surface area contributed by atoms with Crippen molar-refractivity contribution in [1.82, 2.24) is 0 Å². The van der Waals surface area contributed by atoms with Crippen molar-refractivity contribution in [2.45, 2.75) is 89.6 Å². The van der Waals surface area contributed by atoms with Crippen LogP contribution in [-0.2, 0) is 18.0 Å². The predicted octanol–water partition coefficient (Wildman–Crippen LogP) is 2.32. The molecule has 9 heteroatoms. The minimum absolute atomic E-state index is 0.275. The van der Waals surface area contributed by atoms with Crippen molar-refractivity contribution in [1.29, 1.82) is 0 Å². The molecule has 0 aromatic rings. The summed E-state index contributed by atoms with van der Waals surface area (Å²) in [7, 11) is -5.65. The van der Waals surface area contributed by atoms with Crippen LogP contribution in [0.4, 0.5) is 0 Å². The van der Waals surface area contributed by atoms with Crippen LogP contribution >= 0.6 is 0 Å². The van der Waals surface area contributed by atoms with Crippen LogP contribution in [0.5, 0.6) is 0 Å². The number of ether oxygens (including phenoxy) is 1. The molecular weight excluding hydrogens is 358 g/mol. The summed E-state index contributed by atoms with van der Waals surface area (Å²) in [5.74, 6) is 0. The molecule has 1 saturated heterocycles. The third-order valence-corrected chi connectivity index (χ3v) is 6.25. The SMILES string of the molecule is C[Si](C)(C)O[C@@H]1[C@@H](O[Si](C)(C)C)[C@@H](O)O[C@H](CN)[C@H]1O[Si](C)(C)C.